The zero-order valence-corrected chi connectivity index (χ0v) is 20.8. The van der Waals surface area contributed by atoms with E-state index in [1.165, 1.54) is 47.4 Å². The predicted octanol–water partition coefficient (Wildman–Crippen LogP) is 2.83. The fourth-order valence-electron chi connectivity index (χ4n) is 3.46. The standard InChI is InChI=1S/C23H29FN4O6S/c1-5-21(23(30)25-16(2)3)26(14-17-9-11-18(24)12-10-17)22(29)15-27(35(4,33)34)19-7-6-8-20(13-19)28(31)32/h6-13,16,21H,5,14-15H2,1-4H3,(H,25,30). The molecule has 1 unspecified atom stereocenters. The number of nitro benzene ring substituents is 1. The second-order valence-corrected chi connectivity index (χ2v) is 10.2. The second kappa shape index (κ2) is 11.7. The third-order valence-electron chi connectivity index (χ3n) is 5.09. The molecule has 0 aliphatic carbocycles. The van der Waals surface area contributed by atoms with Crippen molar-refractivity contribution in [2.75, 3.05) is 17.1 Å². The highest BCUT2D eigenvalue weighted by molar-refractivity contribution is 7.92. The first-order valence-corrected chi connectivity index (χ1v) is 12.7. The molecule has 2 aromatic carbocycles. The van der Waals surface area contributed by atoms with Crippen LogP contribution in [0.25, 0.3) is 0 Å². The van der Waals surface area contributed by atoms with Gasteiger partial charge in [-0.1, -0.05) is 25.1 Å². The summed E-state index contributed by atoms with van der Waals surface area (Å²) in [4.78, 5) is 38.1. The summed E-state index contributed by atoms with van der Waals surface area (Å²) in [5, 5.41) is 13.9. The first-order valence-electron chi connectivity index (χ1n) is 10.9. The van der Waals surface area contributed by atoms with Crippen molar-refractivity contribution in [1.82, 2.24) is 10.2 Å². The summed E-state index contributed by atoms with van der Waals surface area (Å²) in [7, 11) is -4.03. The number of benzene rings is 2. The van der Waals surface area contributed by atoms with Gasteiger partial charge in [0.1, 0.15) is 18.4 Å². The van der Waals surface area contributed by atoms with Gasteiger partial charge in [0.25, 0.3) is 5.69 Å². The topological polar surface area (TPSA) is 130 Å². The molecule has 0 aliphatic rings. The molecule has 1 N–H and O–H groups in total. The Morgan fingerprint density at radius 2 is 1.77 bits per heavy atom. The number of carbonyl (C=O) groups excluding carboxylic acids is 2. The molecule has 2 rings (SSSR count). The number of hydrogen-bond acceptors (Lipinski definition) is 6. The number of hydrogen-bond donors (Lipinski definition) is 1. The average molecular weight is 509 g/mol. The summed E-state index contributed by atoms with van der Waals surface area (Å²) in [5.41, 5.74) is 0.141. The van der Waals surface area contributed by atoms with Crippen molar-refractivity contribution >= 4 is 33.2 Å². The summed E-state index contributed by atoms with van der Waals surface area (Å²) in [5.74, 6) is -1.58. The van der Waals surface area contributed by atoms with Crippen LogP contribution >= 0.6 is 0 Å². The molecule has 0 radical (unpaired) electrons. The van der Waals surface area contributed by atoms with Crippen LogP contribution in [0.4, 0.5) is 15.8 Å². The third-order valence-corrected chi connectivity index (χ3v) is 6.23. The smallest absolute Gasteiger partial charge is 0.271 e. The molecule has 10 nitrogen and oxygen atoms in total. The minimum atomic E-state index is -4.03. The van der Waals surface area contributed by atoms with Crippen LogP contribution in [0.15, 0.2) is 48.5 Å². The first-order chi connectivity index (χ1) is 16.3. The van der Waals surface area contributed by atoms with Gasteiger partial charge in [0.05, 0.1) is 16.9 Å². The average Bonchev–Trinajstić information content (AvgIpc) is 2.77. The molecule has 0 spiro atoms. The Kier molecular flexibility index (Phi) is 9.29. The van der Waals surface area contributed by atoms with Gasteiger partial charge >= 0.3 is 0 Å². The number of non-ortho nitro benzene ring substituents is 1. The molecule has 0 saturated heterocycles. The van der Waals surface area contributed by atoms with Crippen LogP contribution in [0.2, 0.25) is 0 Å². The van der Waals surface area contributed by atoms with Crippen LogP contribution in [0.1, 0.15) is 32.8 Å². The number of amides is 2. The Hall–Kier alpha value is -3.54. The van der Waals surface area contributed by atoms with E-state index in [1.807, 2.05) is 0 Å². The first kappa shape index (κ1) is 27.7. The van der Waals surface area contributed by atoms with Gasteiger partial charge in [0.2, 0.25) is 21.8 Å². The Morgan fingerprint density at radius 1 is 1.14 bits per heavy atom. The van der Waals surface area contributed by atoms with Gasteiger partial charge in [-0.05, 0) is 44.0 Å². The van der Waals surface area contributed by atoms with Crippen LogP contribution in [0.5, 0.6) is 0 Å². The van der Waals surface area contributed by atoms with Gasteiger partial charge in [-0.2, -0.15) is 0 Å². The highest BCUT2D eigenvalue weighted by atomic mass is 32.2. The van der Waals surface area contributed by atoms with E-state index in [0.29, 0.717) is 5.56 Å². The summed E-state index contributed by atoms with van der Waals surface area (Å²) >= 11 is 0. The van der Waals surface area contributed by atoms with E-state index < -0.39 is 45.2 Å². The zero-order chi connectivity index (χ0) is 26.3. The molecule has 1 atom stereocenters. The Labute approximate surface area is 203 Å². The van der Waals surface area contributed by atoms with Crippen LogP contribution in [-0.2, 0) is 26.2 Å². The van der Waals surface area contributed by atoms with Crippen LogP contribution in [-0.4, -0.2) is 54.9 Å². The molecule has 190 valence electrons. The molecule has 0 bridgehead atoms. The second-order valence-electron chi connectivity index (χ2n) is 8.28. The lowest BCUT2D eigenvalue weighted by Gasteiger charge is -2.33. The summed E-state index contributed by atoms with van der Waals surface area (Å²) in [6.45, 7) is 4.49. The molecule has 0 heterocycles. The van der Waals surface area contributed by atoms with Gasteiger partial charge in [-0.15, -0.1) is 0 Å². The van der Waals surface area contributed by atoms with E-state index in [1.54, 1.807) is 20.8 Å². The predicted molar refractivity (Wildman–Crippen MR) is 130 cm³/mol. The fraction of sp³-hybridized carbons (Fsp3) is 0.391. The fourth-order valence-corrected chi connectivity index (χ4v) is 4.30. The number of nitrogens with one attached hydrogen (secondary N) is 1. The number of halogens is 1. The quantitative estimate of drug-likeness (QED) is 0.367. The van der Waals surface area contributed by atoms with E-state index >= 15 is 0 Å². The zero-order valence-electron chi connectivity index (χ0n) is 20.0. The number of carbonyl (C=O) groups is 2. The highest BCUT2D eigenvalue weighted by Crippen LogP contribution is 2.24. The summed E-state index contributed by atoms with van der Waals surface area (Å²) < 4.78 is 39.3. The number of sulfonamides is 1. The van der Waals surface area contributed by atoms with Gasteiger partial charge in [0, 0.05) is 24.7 Å². The lowest BCUT2D eigenvalue weighted by molar-refractivity contribution is -0.384. The van der Waals surface area contributed by atoms with Crippen LogP contribution < -0.4 is 9.62 Å². The molecular weight excluding hydrogens is 479 g/mol. The maximum absolute atomic E-state index is 13.5. The van der Waals surface area contributed by atoms with Crippen molar-refractivity contribution in [3.05, 3.63) is 70.0 Å². The molecule has 2 aromatic rings. The Morgan fingerprint density at radius 3 is 2.29 bits per heavy atom. The minimum Gasteiger partial charge on any atom is -0.352 e. The van der Waals surface area contributed by atoms with E-state index in [-0.39, 0.29) is 30.4 Å². The van der Waals surface area contributed by atoms with Crippen molar-refractivity contribution in [2.24, 2.45) is 0 Å². The molecular formula is C23H29FN4O6S. The maximum Gasteiger partial charge on any atom is 0.271 e. The SMILES string of the molecule is CCC(C(=O)NC(C)C)N(Cc1ccc(F)cc1)C(=O)CN(c1cccc([N+](=O)[O-])c1)S(C)(=O)=O. The number of nitrogens with zero attached hydrogens (tertiary/aromatic N) is 3. The summed E-state index contributed by atoms with van der Waals surface area (Å²) in [6.07, 6.45) is 1.12. The number of anilines is 1. The molecule has 0 aromatic heterocycles. The molecule has 0 aliphatic heterocycles. The van der Waals surface area contributed by atoms with Gasteiger partial charge in [0.15, 0.2) is 0 Å². The van der Waals surface area contributed by atoms with E-state index in [4.69, 9.17) is 0 Å². The largest absolute Gasteiger partial charge is 0.352 e. The molecule has 0 saturated carbocycles. The highest BCUT2D eigenvalue weighted by Gasteiger charge is 2.32. The van der Waals surface area contributed by atoms with Crippen molar-refractivity contribution in [1.29, 1.82) is 0 Å². The molecule has 12 heteroatoms. The number of rotatable bonds is 11. The molecule has 2 amide bonds. The van der Waals surface area contributed by atoms with Crippen molar-refractivity contribution in [3.8, 4) is 0 Å². The van der Waals surface area contributed by atoms with Crippen LogP contribution in [0, 0.1) is 15.9 Å². The van der Waals surface area contributed by atoms with E-state index in [9.17, 15) is 32.5 Å². The normalized spacial score (nSPS) is 12.2. The third kappa shape index (κ3) is 7.74. The van der Waals surface area contributed by atoms with Gasteiger partial charge < -0.3 is 10.2 Å². The number of nitro groups is 1. The van der Waals surface area contributed by atoms with Crippen LogP contribution in [0.3, 0.4) is 0 Å². The monoisotopic (exact) mass is 508 g/mol. The maximum atomic E-state index is 13.5. The van der Waals surface area contributed by atoms with E-state index in [2.05, 4.69) is 5.32 Å². The van der Waals surface area contributed by atoms with Crippen molar-refractivity contribution in [3.63, 3.8) is 0 Å². The minimum absolute atomic E-state index is 0.0588. The molecule has 0 fully saturated rings. The summed E-state index contributed by atoms with van der Waals surface area (Å²) in [6, 6.07) is 9.18. The lowest BCUT2D eigenvalue weighted by Crippen LogP contribution is -2.53. The van der Waals surface area contributed by atoms with Crippen molar-refractivity contribution in [2.45, 2.75) is 45.8 Å². The molecule has 35 heavy (non-hydrogen) atoms. The van der Waals surface area contributed by atoms with Gasteiger partial charge in [-0.25, -0.2) is 12.8 Å². The Bertz CT molecular complexity index is 1170. The van der Waals surface area contributed by atoms with Crippen molar-refractivity contribution < 1.29 is 27.3 Å². The van der Waals surface area contributed by atoms with Gasteiger partial charge in [-0.3, -0.25) is 24.0 Å². The Balaban J connectivity index is 2.47. The lowest BCUT2D eigenvalue weighted by atomic mass is 10.1. The van der Waals surface area contributed by atoms with E-state index in [0.717, 1.165) is 16.6 Å².